The van der Waals surface area contributed by atoms with Crippen LogP contribution in [0.2, 0.25) is 0 Å². The lowest BCUT2D eigenvalue weighted by Gasteiger charge is -2.10. The van der Waals surface area contributed by atoms with E-state index in [1.165, 1.54) is 7.11 Å². The van der Waals surface area contributed by atoms with Crippen LogP contribution in [-0.2, 0) is 15.6 Å². The lowest BCUT2D eigenvalue weighted by atomic mass is 10.3. The van der Waals surface area contributed by atoms with E-state index in [0.29, 0.717) is 16.3 Å². The number of ether oxygens (including phenoxy) is 1. The smallest absolute Gasteiger partial charge is 0.221 e. The van der Waals surface area contributed by atoms with Crippen molar-refractivity contribution in [3.8, 4) is 5.75 Å². The summed E-state index contributed by atoms with van der Waals surface area (Å²) in [5.41, 5.74) is 6.23. The molecule has 5 nitrogen and oxygen atoms in total. The Morgan fingerprint density at radius 3 is 2.74 bits per heavy atom. The first-order chi connectivity index (χ1) is 8.93. The molecule has 106 valence electrons. The predicted molar refractivity (Wildman–Crippen MR) is 76.6 cm³/mol. The first-order valence-corrected chi connectivity index (χ1v) is 7.37. The number of carbonyl (C=O) groups excluding carboxylic acids is 1. The molecule has 0 aliphatic carbocycles. The summed E-state index contributed by atoms with van der Waals surface area (Å²) in [5.74, 6) is 0.740. The lowest BCUT2D eigenvalue weighted by molar-refractivity contribution is -0.121. The molecule has 0 radical (unpaired) electrons. The van der Waals surface area contributed by atoms with Gasteiger partial charge in [0, 0.05) is 23.9 Å². The first kappa shape index (κ1) is 15.5. The van der Waals surface area contributed by atoms with E-state index < -0.39 is 10.8 Å². The van der Waals surface area contributed by atoms with Gasteiger partial charge >= 0.3 is 0 Å². The third-order valence-corrected chi connectivity index (χ3v) is 3.85. The van der Waals surface area contributed by atoms with Gasteiger partial charge in [0.05, 0.1) is 22.8 Å². The molecule has 0 aromatic heterocycles. The molecule has 1 unspecified atom stereocenters. The number of carbonyl (C=O) groups is 1. The van der Waals surface area contributed by atoms with Crippen LogP contribution in [0, 0.1) is 0 Å². The normalized spacial score (nSPS) is 12.2. The summed E-state index contributed by atoms with van der Waals surface area (Å²) in [6.45, 7) is 3.77. The quantitative estimate of drug-likeness (QED) is 0.771. The number of methoxy groups -OCH3 is 1. The number of amides is 1. The third-order valence-electron chi connectivity index (χ3n) is 2.43. The fourth-order valence-electron chi connectivity index (χ4n) is 1.53. The average molecular weight is 284 g/mol. The van der Waals surface area contributed by atoms with Crippen molar-refractivity contribution in [2.24, 2.45) is 0 Å². The zero-order valence-corrected chi connectivity index (χ0v) is 12.3. The highest BCUT2D eigenvalue weighted by molar-refractivity contribution is 7.85. The minimum absolute atomic E-state index is 0.0859. The fourth-order valence-corrected chi connectivity index (χ4v) is 2.70. The maximum Gasteiger partial charge on any atom is 0.221 e. The third kappa shape index (κ3) is 4.90. The molecule has 0 aliphatic heterocycles. The van der Waals surface area contributed by atoms with Crippen LogP contribution >= 0.6 is 0 Å². The van der Waals surface area contributed by atoms with E-state index >= 15 is 0 Å². The van der Waals surface area contributed by atoms with Gasteiger partial charge in [-0.2, -0.15) is 0 Å². The minimum atomic E-state index is -1.31. The lowest BCUT2D eigenvalue weighted by Crippen LogP contribution is -2.30. The fraction of sp³-hybridized carbons (Fsp3) is 0.462. The van der Waals surface area contributed by atoms with E-state index in [-0.39, 0.29) is 24.1 Å². The predicted octanol–water partition coefficient (Wildman–Crippen LogP) is 1.30. The van der Waals surface area contributed by atoms with E-state index in [4.69, 9.17) is 10.5 Å². The Bertz CT molecular complexity index is 475. The van der Waals surface area contributed by atoms with Gasteiger partial charge in [0.2, 0.25) is 5.91 Å². The van der Waals surface area contributed by atoms with Gasteiger partial charge in [-0.3, -0.25) is 9.00 Å². The highest BCUT2D eigenvalue weighted by atomic mass is 32.2. The van der Waals surface area contributed by atoms with E-state index in [2.05, 4.69) is 5.32 Å². The molecule has 1 amide bonds. The molecular formula is C13H20N2O3S. The van der Waals surface area contributed by atoms with Gasteiger partial charge in [-0.05, 0) is 32.0 Å². The number of nitrogen functional groups attached to an aromatic ring is 1. The molecule has 0 fully saturated rings. The largest absolute Gasteiger partial charge is 0.497 e. The molecule has 6 heteroatoms. The Labute approximate surface area is 116 Å². The highest BCUT2D eigenvalue weighted by Crippen LogP contribution is 2.23. The van der Waals surface area contributed by atoms with Crippen molar-refractivity contribution in [2.45, 2.75) is 31.2 Å². The molecule has 0 heterocycles. The Balaban J connectivity index is 2.65. The molecule has 19 heavy (non-hydrogen) atoms. The molecule has 1 atom stereocenters. The summed E-state index contributed by atoms with van der Waals surface area (Å²) in [7, 11) is 0.228. The van der Waals surface area contributed by atoms with Gasteiger partial charge in [-0.25, -0.2) is 0 Å². The molecule has 0 bridgehead atoms. The number of hydrogen-bond donors (Lipinski definition) is 2. The van der Waals surface area contributed by atoms with Gasteiger partial charge in [-0.15, -0.1) is 0 Å². The van der Waals surface area contributed by atoms with Crippen LogP contribution < -0.4 is 15.8 Å². The Morgan fingerprint density at radius 2 is 2.16 bits per heavy atom. The van der Waals surface area contributed by atoms with E-state index in [1.54, 1.807) is 18.2 Å². The van der Waals surface area contributed by atoms with E-state index in [1.807, 2.05) is 13.8 Å². The number of nitrogens with two attached hydrogens (primary N) is 1. The van der Waals surface area contributed by atoms with Crippen molar-refractivity contribution in [3.05, 3.63) is 18.2 Å². The van der Waals surface area contributed by atoms with Crippen LogP contribution in [0.15, 0.2) is 23.1 Å². The molecule has 0 aliphatic rings. The van der Waals surface area contributed by atoms with Crippen molar-refractivity contribution in [1.82, 2.24) is 5.32 Å². The Morgan fingerprint density at radius 1 is 1.47 bits per heavy atom. The Hall–Kier alpha value is -1.56. The van der Waals surface area contributed by atoms with Crippen LogP contribution in [0.5, 0.6) is 5.75 Å². The molecule has 0 saturated carbocycles. The number of rotatable bonds is 6. The average Bonchev–Trinajstić information content (AvgIpc) is 2.35. The molecule has 1 aromatic carbocycles. The maximum absolute atomic E-state index is 12.1. The molecule has 1 aromatic rings. The molecule has 0 saturated heterocycles. The molecule has 0 spiro atoms. The zero-order chi connectivity index (χ0) is 14.4. The van der Waals surface area contributed by atoms with Crippen LogP contribution in [0.25, 0.3) is 0 Å². The summed E-state index contributed by atoms with van der Waals surface area (Å²) in [6, 6.07) is 5.09. The number of nitrogens with one attached hydrogen (secondary N) is 1. The highest BCUT2D eigenvalue weighted by Gasteiger charge is 2.12. The van der Waals surface area contributed by atoms with E-state index in [9.17, 15) is 9.00 Å². The van der Waals surface area contributed by atoms with Crippen molar-refractivity contribution >= 4 is 22.4 Å². The van der Waals surface area contributed by atoms with Gasteiger partial charge in [0.1, 0.15) is 5.75 Å². The van der Waals surface area contributed by atoms with Crippen molar-refractivity contribution in [1.29, 1.82) is 0 Å². The van der Waals surface area contributed by atoms with Crippen molar-refractivity contribution < 1.29 is 13.7 Å². The standard InChI is InChI=1S/C13H20N2O3S/c1-9(2)15-13(16)6-7-19(17)12-8-10(18-3)4-5-11(12)14/h4-5,8-9H,6-7,14H2,1-3H3,(H,15,16). The van der Waals surface area contributed by atoms with Gasteiger partial charge < -0.3 is 15.8 Å². The summed E-state index contributed by atoms with van der Waals surface area (Å²) < 4.78 is 17.2. The zero-order valence-electron chi connectivity index (χ0n) is 11.4. The summed E-state index contributed by atoms with van der Waals surface area (Å²) in [6.07, 6.45) is 0.210. The topological polar surface area (TPSA) is 81.4 Å². The van der Waals surface area contributed by atoms with Crippen LogP contribution in [0.4, 0.5) is 5.69 Å². The van der Waals surface area contributed by atoms with Gasteiger partial charge in [-0.1, -0.05) is 0 Å². The second kappa shape index (κ2) is 7.13. The maximum atomic E-state index is 12.1. The van der Waals surface area contributed by atoms with E-state index in [0.717, 1.165) is 0 Å². The minimum Gasteiger partial charge on any atom is -0.497 e. The number of benzene rings is 1. The number of anilines is 1. The number of hydrogen-bond acceptors (Lipinski definition) is 4. The van der Waals surface area contributed by atoms with Crippen LogP contribution in [0.3, 0.4) is 0 Å². The Kier molecular flexibility index (Phi) is 5.82. The first-order valence-electron chi connectivity index (χ1n) is 6.05. The van der Waals surface area contributed by atoms with Crippen LogP contribution in [0.1, 0.15) is 20.3 Å². The summed E-state index contributed by atoms with van der Waals surface area (Å²) in [4.78, 5) is 12.0. The molecular weight excluding hydrogens is 264 g/mol. The van der Waals surface area contributed by atoms with Crippen molar-refractivity contribution in [3.63, 3.8) is 0 Å². The second-order valence-electron chi connectivity index (χ2n) is 4.43. The van der Waals surface area contributed by atoms with Gasteiger partial charge in [0.15, 0.2) is 0 Å². The van der Waals surface area contributed by atoms with Crippen LogP contribution in [-0.4, -0.2) is 29.0 Å². The monoisotopic (exact) mass is 284 g/mol. The molecule has 1 rings (SSSR count). The second-order valence-corrected chi connectivity index (χ2v) is 5.96. The van der Waals surface area contributed by atoms with Crippen molar-refractivity contribution in [2.75, 3.05) is 18.6 Å². The summed E-state index contributed by atoms with van der Waals surface area (Å²) in [5, 5.41) is 2.76. The van der Waals surface area contributed by atoms with Gasteiger partial charge in [0.25, 0.3) is 0 Å². The SMILES string of the molecule is COc1ccc(N)c(S(=O)CCC(=O)NC(C)C)c1. The molecule has 3 N–H and O–H groups in total. The summed E-state index contributed by atoms with van der Waals surface area (Å²) >= 11 is 0.